The van der Waals surface area contributed by atoms with E-state index in [1.165, 1.54) is 0 Å². The van der Waals surface area contributed by atoms with Gasteiger partial charge in [0.1, 0.15) is 5.25 Å². The molecule has 1 aromatic heterocycles. The van der Waals surface area contributed by atoms with Crippen molar-refractivity contribution in [3.05, 3.63) is 21.9 Å². The molecule has 3 N–H and O–H groups in total. The van der Waals surface area contributed by atoms with Gasteiger partial charge in [-0.15, -0.1) is 11.3 Å². The van der Waals surface area contributed by atoms with Crippen LogP contribution in [0, 0.1) is 6.92 Å². The fourth-order valence-corrected chi connectivity index (χ4v) is 4.68. The van der Waals surface area contributed by atoms with E-state index in [1.807, 2.05) is 26.0 Å². The molecule has 1 aromatic rings. The van der Waals surface area contributed by atoms with Crippen LogP contribution >= 0.6 is 23.6 Å². The van der Waals surface area contributed by atoms with Crippen molar-refractivity contribution in [3.8, 4) is 0 Å². The fraction of sp³-hybridized carbons (Fsp3) is 0.545. The molecule has 0 aliphatic heterocycles. The van der Waals surface area contributed by atoms with E-state index in [9.17, 15) is 8.42 Å². The number of thiophene rings is 1. The molecule has 1 rings (SSSR count). The van der Waals surface area contributed by atoms with Gasteiger partial charge in [-0.05, 0) is 32.4 Å². The molecule has 102 valence electrons. The van der Waals surface area contributed by atoms with E-state index in [2.05, 4.69) is 4.72 Å². The van der Waals surface area contributed by atoms with Gasteiger partial charge in [-0.1, -0.05) is 19.1 Å². The zero-order valence-electron chi connectivity index (χ0n) is 10.6. The van der Waals surface area contributed by atoms with Crippen LogP contribution in [0.1, 0.15) is 36.1 Å². The van der Waals surface area contributed by atoms with E-state index in [0.29, 0.717) is 6.42 Å². The lowest BCUT2D eigenvalue weighted by Gasteiger charge is -2.18. The zero-order chi connectivity index (χ0) is 13.9. The van der Waals surface area contributed by atoms with Crippen molar-refractivity contribution in [3.63, 3.8) is 0 Å². The highest BCUT2D eigenvalue weighted by atomic mass is 32.2. The summed E-state index contributed by atoms with van der Waals surface area (Å²) in [6.45, 7) is 5.55. The van der Waals surface area contributed by atoms with Crippen LogP contribution < -0.4 is 10.5 Å². The second kappa shape index (κ2) is 6.10. The first-order valence-electron chi connectivity index (χ1n) is 5.64. The number of nitrogens with one attached hydrogen (secondary N) is 1. The van der Waals surface area contributed by atoms with Gasteiger partial charge < -0.3 is 5.73 Å². The minimum absolute atomic E-state index is 0.0135. The highest BCUT2D eigenvalue weighted by Crippen LogP contribution is 2.23. The van der Waals surface area contributed by atoms with Gasteiger partial charge in [0.2, 0.25) is 10.0 Å². The van der Waals surface area contributed by atoms with Gasteiger partial charge in [-0.3, -0.25) is 0 Å². The van der Waals surface area contributed by atoms with Crippen LogP contribution in [0.15, 0.2) is 12.1 Å². The number of sulfonamides is 1. The molecule has 0 aromatic carbocycles. The van der Waals surface area contributed by atoms with Crippen molar-refractivity contribution in [2.24, 2.45) is 5.73 Å². The standard InChI is InChI=1S/C11H18N2O2S3/c1-4-10(11(12)16)18(14,15)13-8(3)9-6-5-7(2)17-9/h5-6,8,10,13H,4H2,1-3H3,(H2,12,16). The smallest absolute Gasteiger partial charge is 0.221 e. The predicted molar refractivity (Wildman–Crippen MR) is 80.4 cm³/mol. The fourth-order valence-electron chi connectivity index (χ4n) is 1.65. The predicted octanol–water partition coefficient (Wildman–Crippen LogP) is 2.10. The van der Waals surface area contributed by atoms with E-state index < -0.39 is 15.3 Å². The molecule has 7 heteroatoms. The maximum atomic E-state index is 12.1. The minimum Gasteiger partial charge on any atom is -0.392 e. The molecule has 0 saturated carbocycles. The third-order valence-electron chi connectivity index (χ3n) is 2.59. The Morgan fingerprint density at radius 3 is 2.56 bits per heavy atom. The maximum absolute atomic E-state index is 12.1. The first-order valence-corrected chi connectivity index (χ1v) is 8.41. The summed E-state index contributed by atoms with van der Waals surface area (Å²) in [6, 6.07) is 3.63. The summed E-state index contributed by atoms with van der Waals surface area (Å²) in [5.41, 5.74) is 5.47. The Bertz CT molecular complexity index is 522. The van der Waals surface area contributed by atoms with E-state index in [1.54, 1.807) is 18.3 Å². The number of hydrogen-bond donors (Lipinski definition) is 2. The number of aryl methyl sites for hydroxylation is 1. The average Bonchev–Trinajstić information content (AvgIpc) is 2.63. The van der Waals surface area contributed by atoms with E-state index in [4.69, 9.17) is 18.0 Å². The molecule has 0 aliphatic rings. The van der Waals surface area contributed by atoms with Crippen LogP contribution in [0.2, 0.25) is 0 Å². The molecular formula is C11H18N2O2S3. The van der Waals surface area contributed by atoms with Crippen molar-refractivity contribution in [1.29, 1.82) is 0 Å². The van der Waals surface area contributed by atoms with Crippen LogP contribution in [-0.2, 0) is 10.0 Å². The van der Waals surface area contributed by atoms with Crippen LogP contribution in [0.5, 0.6) is 0 Å². The summed E-state index contributed by atoms with van der Waals surface area (Å²) in [5.74, 6) is 0. The van der Waals surface area contributed by atoms with E-state index in [-0.39, 0.29) is 11.0 Å². The Kier molecular flexibility index (Phi) is 5.27. The summed E-state index contributed by atoms with van der Waals surface area (Å²) in [4.78, 5) is 2.14. The zero-order valence-corrected chi connectivity index (χ0v) is 13.1. The molecular weight excluding hydrogens is 288 g/mol. The Morgan fingerprint density at radius 2 is 2.17 bits per heavy atom. The van der Waals surface area contributed by atoms with Crippen LogP contribution in [0.3, 0.4) is 0 Å². The largest absolute Gasteiger partial charge is 0.392 e. The van der Waals surface area contributed by atoms with Gasteiger partial charge in [0.25, 0.3) is 0 Å². The maximum Gasteiger partial charge on any atom is 0.221 e. The lowest BCUT2D eigenvalue weighted by molar-refractivity contribution is 0.561. The normalized spacial score (nSPS) is 15.3. The third-order valence-corrected chi connectivity index (χ3v) is 6.23. The molecule has 18 heavy (non-hydrogen) atoms. The lowest BCUT2D eigenvalue weighted by Crippen LogP contribution is -2.42. The summed E-state index contributed by atoms with van der Waals surface area (Å²) < 4.78 is 26.9. The van der Waals surface area contributed by atoms with Crippen molar-refractivity contribution >= 4 is 38.6 Å². The second-order valence-electron chi connectivity index (χ2n) is 4.13. The minimum atomic E-state index is -3.52. The van der Waals surface area contributed by atoms with Crippen molar-refractivity contribution in [2.45, 2.75) is 38.5 Å². The molecule has 4 nitrogen and oxygen atoms in total. The van der Waals surface area contributed by atoms with Crippen molar-refractivity contribution in [1.82, 2.24) is 4.72 Å². The summed E-state index contributed by atoms with van der Waals surface area (Å²) >= 11 is 6.37. The lowest BCUT2D eigenvalue weighted by atomic mass is 10.3. The van der Waals surface area contributed by atoms with Gasteiger partial charge in [0.15, 0.2) is 0 Å². The highest BCUT2D eigenvalue weighted by molar-refractivity contribution is 7.93. The van der Waals surface area contributed by atoms with E-state index in [0.717, 1.165) is 9.75 Å². The number of nitrogens with two attached hydrogens (primary N) is 1. The molecule has 0 spiro atoms. The molecule has 0 saturated heterocycles. The molecule has 0 radical (unpaired) electrons. The highest BCUT2D eigenvalue weighted by Gasteiger charge is 2.28. The Labute approximate surface area is 118 Å². The summed E-state index contributed by atoms with van der Waals surface area (Å²) in [5, 5.41) is -0.809. The summed E-state index contributed by atoms with van der Waals surface area (Å²) in [6.07, 6.45) is 0.376. The number of hydrogen-bond acceptors (Lipinski definition) is 4. The molecule has 0 bridgehead atoms. The first kappa shape index (κ1) is 15.6. The molecule has 0 amide bonds. The van der Waals surface area contributed by atoms with Gasteiger partial charge in [-0.2, -0.15) is 0 Å². The molecule has 0 fully saturated rings. The van der Waals surface area contributed by atoms with Gasteiger partial charge in [0, 0.05) is 9.75 Å². The van der Waals surface area contributed by atoms with Crippen LogP contribution in [0.4, 0.5) is 0 Å². The molecule has 1 heterocycles. The van der Waals surface area contributed by atoms with E-state index >= 15 is 0 Å². The van der Waals surface area contributed by atoms with Crippen molar-refractivity contribution < 1.29 is 8.42 Å². The molecule has 2 atom stereocenters. The number of thiocarbonyl (C=S) groups is 1. The second-order valence-corrected chi connectivity index (χ2v) is 7.82. The topological polar surface area (TPSA) is 72.2 Å². The van der Waals surface area contributed by atoms with Crippen LogP contribution in [-0.4, -0.2) is 18.7 Å². The third kappa shape index (κ3) is 3.74. The van der Waals surface area contributed by atoms with Crippen LogP contribution in [0.25, 0.3) is 0 Å². The van der Waals surface area contributed by atoms with Crippen molar-refractivity contribution in [2.75, 3.05) is 0 Å². The first-order chi connectivity index (χ1) is 8.27. The quantitative estimate of drug-likeness (QED) is 0.790. The summed E-state index contributed by atoms with van der Waals surface area (Å²) in [7, 11) is -3.52. The molecule has 2 unspecified atom stereocenters. The Morgan fingerprint density at radius 1 is 1.56 bits per heavy atom. The average molecular weight is 306 g/mol. The van der Waals surface area contributed by atoms with Gasteiger partial charge >= 0.3 is 0 Å². The monoisotopic (exact) mass is 306 g/mol. The molecule has 0 aliphatic carbocycles. The van der Waals surface area contributed by atoms with Gasteiger partial charge in [-0.25, -0.2) is 13.1 Å². The van der Waals surface area contributed by atoms with Gasteiger partial charge in [0.05, 0.1) is 11.0 Å². The Balaban J connectivity index is 2.86. The SMILES string of the molecule is CCC(C(N)=S)S(=O)(=O)NC(C)c1ccc(C)s1. The number of rotatable bonds is 6. The Hall–Kier alpha value is -0.500.